The number of morpholine rings is 1. The summed E-state index contributed by atoms with van der Waals surface area (Å²) in [6, 6.07) is 10.5. The van der Waals surface area contributed by atoms with E-state index in [9.17, 15) is 4.79 Å². The molecule has 0 radical (unpaired) electrons. The molecule has 2 saturated heterocycles. The summed E-state index contributed by atoms with van der Waals surface area (Å²) < 4.78 is 6.01. The van der Waals surface area contributed by atoms with Gasteiger partial charge in [-0.3, -0.25) is 9.78 Å². The smallest absolute Gasteiger partial charge is 0.225 e. The standard InChI is InChI=1S/C28H35N7O2/c1-28(18-29-11-16-37-28)19-32-26-25-24(30-9-10-31-25)17-23(33-26)20-5-7-22(8-6-20)34-12-14-35(15-13-34)27(36)21-3-2-4-21/h5-10,17,21,29H,2-4,11-16,18-19H2,1H3,(H,32,33)/t28-/m1/s1. The largest absolute Gasteiger partial charge is 0.371 e. The van der Waals surface area contributed by atoms with Crippen LogP contribution in [0, 0.1) is 5.92 Å². The van der Waals surface area contributed by atoms with Crippen LogP contribution in [0.5, 0.6) is 0 Å². The fourth-order valence-corrected chi connectivity index (χ4v) is 5.34. The molecular formula is C28H35N7O2. The molecule has 3 aliphatic rings. The van der Waals surface area contributed by atoms with Crippen molar-refractivity contribution < 1.29 is 9.53 Å². The van der Waals surface area contributed by atoms with Gasteiger partial charge in [-0.05, 0) is 38.0 Å². The van der Waals surface area contributed by atoms with Crippen molar-refractivity contribution >= 4 is 28.4 Å². The van der Waals surface area contributed by atoms with Crippen LogP contribution in [-0.4, -0.2) is 83.8 Å². The minimum Gasteiger partial charge on any atom is -0.371 e. The number of carbonyl (C=O) groups excluding carboxylic acids is 1. The normalized spacial score (nSPS) is 22.6. The minimum atomic E-state index is -0.307. The molecule has 9 heteroatoms. The van der Waals surface area contributed by atoms with Gasteiger partial charge in [0.15, 0.2) is 5.82 Å². The molecule has 1 amide bonds. The second-order valence-corrected chi connectivity index (χ2v) is 10.6. The van der Waals surface area contributed by atoms with Gasteiger partial charge >= 0.3 is 0 Å². The van der Waals surface area contributed by atoms with Crippen molar-refractivity contribution in [1.82, 2.24) is 25.2 Å². The van der Waals surface area contributed by atoms with E-state index in [1.54, 1.807) is 12.4 Å². The second-order valence-electron chi connectivity index (χ2n) is 10.6. The zero-order valence-corrected chi connectivity index (χ0v) is 21.4. The van der Waals surface area contributed by atoms with E-state index >= 15 is 0 Å². The monoisotopic (exact) mass is 501 g/mol. The first kappa shape index (κ1) is 24.1. The molecule has 0 unspecified atom stereocenters. The van der Waals surface area contributed by atoms with Crippen LogP contribution in [0.4, 0.5) is 11.5 Å². The maximum absolute atomic E-state index is 12.6. The Morgan fingerprint density at radius 2 is 1.92 bits per heavy atom. The number of hydrogen-bond donors (Lipinski definition) is 2. The Balaban J connectivity index is 1.17. The predicted octanol–water partition coefficient (Wildman–Crippen LogP) is 2.93. The third kappa shape index (κ3) is 5.10. The Hall–Kier alpha value is -3.30. The van der Waals surface area contributed by atoms with E-state index in [2.05, 4.69) is 61.6 Å². The summed E-state index contributed by atoms with van der Waals surface area (Å²) in [6.07, 6.45) is 6.74. The van der Waals surface area contributed by atoms with Gasteiger partial charge in [-0.1, -0.05) is 18.6 Å². The van der Waals surface area contributed by atoms with E-state index in [4.69, 9.17) is 9.72 Å². The lowest BCUT2D eigenvalue weighted by molar-refractivity contribution is -0.138. The molecule has 1 saturated carbocycles. The van der Waals surface area contributed by atoms with Crippen molar-refractivity contribution in [1.29, 1.82) is 0 Å². The van der Waals surface area contributed by atoms with Crippen LogP contribution >= 0.6 is 0 Å². The van der Waals surface area contributed by atoms with E-state index < -0.39 is 0 Å². The number of nitrogens with one attached hydrogen (secondary N) is 2. The van der Waals surface area contributed by atoms with Crippen molar-refractivity contribution in [2.24, 2.45) is 5.92 Å². The SMILES string of the molecule is C[C@]1(CNc2nc(-c3ccc(N4CCN(C(=O)C5CCC5)CC4)cc3)cc3nccnc23)CNCCO1. The first-order chi connectivity index (χ1) is 18.1. The zero-order valence-electron chi connectivity index (χ0n) is 21.4. The molecule has 1 atom stereocenters. The summed E-state index contributed by atoms with van der Waals surface area (Å²) in [6.45, 7) is 8.42. The maximum Gasteiger partial charge on any atom is 0.225 e. The second kappa shape index (κ2) is 10.2. The van der Waals surface area contributed by atoms with E-state index in [1.807, 2.05) is 6.07 Å². The number of rotatable bonds is 6. The van der Waals surface area contributed by atoms with Gasteiger partial charge in [-0.25, -0.2) is 9.97 Å². The summed E-state index contributed by atoms with van der Waals surface area (Å²) in [5.41, 5.74) is 4.31. The Bertz CT molecular complexity index is 1250. The van der Waals surface area contributed by atoms with Crippen molar-refractivity contribution in [3.8, 4) is 11.3 Å². The molecule has 2 aromatic heterocycles. The van der Waals surface area contributed by atoms with Crippen LogP contribution < -0.4 is 15.5 Å². The molecule has 1 aromatic carbocycles. The van der Waals surface area contributed by atoms with Crippen LogP contribution in [0.2, 0.25) is 0 Å². The first-order valence-electron chi connectivity index (χ1n) is 13.4. The van der Waals surface area contributed by atoms with Crippen molar-refractivity contribution in [2.45, 2.75) is 31.8 Å². The number of pyridine rings is 1. The molecule has 0 spiro atoms. The molecular weight excluding hydrogens is 466 g/mol. The van der Waals surface area contributed by atoms with Gasteiger partial charge in [0, 0.05) is 75.4 Å². The lowest BCUT2D eigenvalue weighted by Gasteiger charge is -2.39. The highest BCUT2D eigenvalue weighted by molar-refractivity contribution is 5.88. The number of aromatic nitrogens is 3. The molecule has 37 heavy (non-hydrogen) atoms. The number of nitrogens with zero attached hydrogens (tertiary/aromatic N) is 5. The lowest BCUT2D eigenvalue weighted by Crippen LogP contribution is -2.51. The summed E-state index contributed by atoms with van der Waals surface area (Å²) in [5.74, 6) is 1.35. The third-order valence-electron chi connectivity index (χ3n) is 7.89. The summed E-state index contributed by atoms with van der Waals surface area (Å²) in [5, 5.41) is 6.88. The molecule has 6 rings (SSSR count). The van der Waals surface area contributed by atoms with E-state index in [-0.39, 0.29) is 11.5 Å². The van der Waals surface area contributed by atoms with E-state index in [0.29, 0.717) is 24.9 Å². The molecule has 2 N–H and O–H groups in total. The van der Waals surface area contributed by atoms with E-state index in [1.165, 1.54) is 12.1 Å². The van der Waals surface area contributed by atoms with Gasteiger partial charge in [0.05, 0.1) is 23.4 Å². The van der Waals surface area contributed by atoms with Crippen LogP contribution in [0.3, 0.4) is 0 Å². The number of piperazine rings is 1. The number of benzene rings is 1. The van der Waals surface area contributed by atoms with Gasteiger partial charge in [-0.15, -0.1) is 0 Å². The van der Waals surface area contributed by atoms with Crippen molar-refractivity contribution in [3.05, 3.63) is 42.7 Å². The summed E-state index contributed by atoms with van der Waals surface area (Å²) in [4.78, 5) is 31.0. The topological polar surface area (TPSA) is 95.5 Å². The molecule has 2 aliphatic heterocycles. The first-order valence-corrected chi connectivity index (χ1v) is 13.4. The van der Waals surface area contributed by atoms with Crippen LogP contribution in [0.25, 0.3) is 22.3 Å². The summed E-state index contributed by atoms with van der Waals surface area (Å²) >= 11 is 0. The highest BCUT2D eigenvalue weighted by Gasteiger charge is 2.31. The molecule has 0 bridgehead atoms. The lowest BCUT2D eigenvalue weighted by atomic mass is 9.84. The molecule has 1 aliphatic carbocycles. The molecule has 3 aromatic rings. The quantitative estimate of drug-likeness (QED) is 0.532. The van der Waals surface area contributed by atoms with Crippen molar-refractivity contribution in [3.63, 3.8) is 0 Å². The van der Waals surface area contributed by atoms with E-state index in [0.717, 1.165) is 74.4 Å². The average Bonchev–Trinajstić information content (AvgIpc) is 2.91. The number of hydrogen-bond acceptors (Lipinski definition) is 8. The summed E-state index contributed by atoms with van der Waals surface area (Å²) in [7, 11) is 0. The van der Waals surface area contributed by atoms with Gasteiger partial charge in [0.2, 0.25) is 5.91 Å². The van der Waals surface area contributed by atoms with Gasteiger partial charge in [0.1, 0.15) is 5.52 Å². The fourth-order valence-electron chi connectivity index (χ4n) is 5.34. The molecule has 3 fully saturated rings. The van der Waals surface area contributed by atoms with Crippen molar-refractivity contribution in [2.75, 3.05) is 62.6 Å². The Morgan fingerprint density at radius 1 is 1.14 bits per heavy atom. The minimum absolute atomic E-state index is 0.277. The fraction of sp³-hybridized carbons (Fsp3) is 0.500. The Kier molecular flexibility index (Phi) is 6.65. The average molecular weight is 502 g/mol. The number of anilines is 2. The number of fused-ring (bicyclic) bond motifs is 1. The predicted molar refractivity (Wildman–Crippen MR) is 145 cm³/mol. The number of amides is 1. The van der Waals surface area contributed by atoms with Crippen LogP contribution in [-0.2, 0) is 9.53 Å². The highest BCUT2D eigenvalue weighted by Crippen LogP contribution is 2.30. The number of carbonyl (C=O) groups is 1. The van der Waals surface area contributed by atoms with Crippen LogP contribution in [0.15, 0.2) is 42.7 Å². The maximum atomic E-state index is 12.6. The third-order valence-corrected chi connectivity index (χ3v) is 7.89. The number of ether oxygens (including phenoxy) is 1. The zero-order chi connectivity index (χ0) is 25.2. The van der Waals surface area contributed by atoms with Gasteiger partial charge in [-0.2, -0.15) is 0 Å². The molecule has 9 nitrogen and oxygen atoms in total. The molecule has 4 heterocycles. The van der Waals surface area contributed by atoms with Crippen LogP contribution in [0.1, 0.15) is 26.2 Å². The Morgan fingerprint density at radius 3 is 2.62 bits per heavy atom. The Labute approximate surface area is 217 Å². The molecule has 194 valence electrons. The van der Waals surface area contributed by atoms with Gasteiger partial charge in [0.25, 0.3) is 0 Å². The van der Waals surface area contributed by atoms with Gasteiger partial charge < -0.3 is 25.2 Å². The highest BCUT2D eigenvalue weighted by atomic mass is 16.5.